The molecule has 0 saturated carbocycles. The molecule has 0 aliphatic carbocycles. The summed E-state index contributed by atoms with van der Waals surface area (Å²) in [4.78, 5) is 25.5. The molecular weight excluding hydrogens is 924 g/mol. The lowest BCUT2D eigenvalue weighted by molar-refractivity contribution is -0.870. The number of hydrogen-bond donors (Lipinski definition) is 2. The molecule has 0 radical (unpaired) electrons. The highest BCUT2D eigenvalue weighted by molar-refractivity contribution is 7.45. The first kappa shape index (κ1) is 70.4. The third-order valence-corrected chi connectivity index (χ3v) is 14.0. The minimum atomic E-state index is -4.62. The van der Waals surface area contributed by atoms with Crippen molar-refractivity contribution in [1.29, 1.82) is 0 Å². The second-order valence-electron chi connectivity index (χ2n) is 21.3. The summed E-state index contributed by atoms with van der Waals surface area (Å²) < 4.78 is 23.3. The van der Waals surface area contributed by atoms with Gasteiger partial charge in [0.1, 0.15) is 13.2 Å². The molecule has 3 unspecified atom stereocenters. The fourth-order valence-electron chi connectivity index (χ4n) is 8.33. The Morgan fingerprint density at radius 1 is 0.493 bits per heavy atom. The van der Waals surface area contributed by atoms with Gasteiger partial charge in [-0.05, 0) is 89.9 Å². The van der Waals surface area contributed by atoms with Crippen LogP contribution in [-0.4, -0.2) is 68.5 Å². The number of unbranched alkanes of at least 4 members (excludes halogenated alkanes) is 27. The molecule has 0 aromatic rings. The number of nitrogens with one attached hydrogen (secondary N) is 1. The quantitative estimate of drug-likeness (QED) is 0.0272. The van der Waals surface area contributed by atoms with Crippen molar-refractivity contribution in [1.82, 2.24) is 5.32 Å². The lowest BCUT2D eigenvalue weighted by Crippen LogP contribution is -2.45. The monoisotopic (exact) mass is 1040 g/mol. The summed E-state index contributed by atoms with van der Waals surface area (Å²) in [5, 5.41) is 13.9. The van der Waals surface area contributed by atoms with Gasteiger partial charge in [0, 0.05) is 6.42 Å². The number of nitrogens with zero attached hydrogens (tertiary/aromatic N) is 1. The van der Waals surface area contributed by atoms with Gasteiger partial charge >= 0.3 is 0 Å². The fraction of sp³-hybridized carbons (Fsp3) is 0.734. The Hall–Kier alpha value is -2.58. The highest BCUT2D eigenvalue weighted by Crippen LogP contribution is 2.38. The van der Waals surface area contributed by atoms with E-state index in [1.54, 1.807) is 6.08 Å². The van der Waals surface area contributed by atoms with Crippen LogP contribution in [0.5, 0.6) is 0 Å². The van der Waals surface area contributed by atoms with E-state index in [4.69, 9.17) is 9.05 Å². The maximum atomic E-state index is 13.0. The summed E-state index contributed by atoms with van der Waals surface area (Å²) in [7, 11) is 1.21. The van der Waals surface area contributed by atoms with Crippen molar-refractivity contribution in [2.24, 2.45) is 0 Å². The van der Waals surface area contributed by atoms with Gasteiger partial charge in [-0.2, -0.15) is 0 Å². The van der Waals surface area contributed by atoms with Gasteiger partial charge in [0.15, 0.2) is 0 Å². The Kier molecular flexibility index (Phi) is 52.3. The molecule has 8 nitrogen and oxygen atoms in total. The average Bonchev–Trinajstić information content (AvgIpc) is 3.35. The molecule has 0 aliphatic heterocycles. The zero-order chi connectivity index (χ0) is 53.5. The van der Waals surface area contributed by atoms with Gasteiger partial charge < -0.3 is 28.8 Å². The Morgan fingerprint density at radius 3 is 1.27 bits per heavy atom. The first-order chi connectivity index (χ1) is 35.5. The molecule has 0 fully saturated rings. The van der Waals surface area contributed by atoms with E-state index in [-0.39, 0.29) is 12.5 Å². The van der Waals surface area contributed by atoms with Gasteiger partial charge in [-0.25, -0.2) is 0 Å². The van der Waals surface area contributed by atoms with E-state index in [1.807, 2.05) is 27.2 Å². The molecular formula is C64H115N2O6P. The molecule has 0 aliphatic rings. The topological polar surface area (TPSA) is 108 Å². The minimum Gasteiger partial charge on any atom is -0.756 e. The van der Waals surface area contributed by atoms with Crippen molar-refractivity contribution in [3.8, 4) is 0 Å². The second kappa shape index (κ2) is 54.2. The van der Waals surface area contributed by atoms with E-state index >= 15 is 0 Å². The van der Waals surface area contributed by atoms with E-state index in [2.05, 4.69) is 104 Å². The van der Waals surface area contributed by atoms with Gasteiger partial charge in [-0.1, -0.05) is 252 Å². The van der Waals surface area contributed by atoms with Crippen molar-refractivity contribution in [2.45, 2.75) is 264 Å². The summed E-state index contributed by atoms with van der Waals surface area (Å²) in [6.07, 6.45) is 77.9. The van der Waals surface area contributed by atoms with E-state index in [9.17, 15) is 19.4 Å². The van der Waals surface area contributed by atoms with Crippen LogP contribution in [0, 0.1) is 0 Å². The summed E-state index contributed by atoms with van der Waals surface area (Å²) in [6, 6.07) is -0.928. The number of carbonyl (C=O) groups is 1. The Labute approximate surface area is 451 Å². The molecule has 0 heterocycles. The maximum absolute atomic E-state index is 13.0. The molecule has 2 N–H and O–H groups in total. The van der Waals surface area contributed by atoms with Crippen LogP contribution in [0.4, 0.5) is 0 Å². The highest BCUT2D eigenvalue weighted by atomic mass is 31.2. The van der Waals surface area contributed by atoms with Gasteiger partial charge in [0.2, 0.25) is 5.91 Å². The normalized spacial score (nSPS) is 14.6. The Bertz CT molecular complexity index is 1510. The predicted molar refractivity (Wildman–Crippen MR) is 316 cm³/mol. The summed E-state index contributed by atoms with van der Waals surface area (Å²) in [5.41, 5.74) is 0. The number of aliphatic hydroxyl groups is 1. The lowest BCUT2D eigenvalue weighted by atomic mass is 10.0. The largest absolute Gasteiger partial charge is 0.756 e. The van der Waals surface area contributed by atoms with E-state index in [0.717, 1.165) is 96.3 Å². The van der Waals surface area contributed by atoms with Gasteiger partial charge in [-0.3, -0.25) is 9.36 Å². The number of allylic oxidation sites excluding steroid dienone is 15. The number of likely N-dealkylation sites (N-methyl/N-ethyl adjacent to an activating group) is 1. The number of aliphatic hydroxyl groups excluding tert-OH is 1. The third kappa shape index (κ3) is 57.0. The Morgan fingerprint density at radius 2 is 0.849 bits per heavy atom. The highest BCUT2D eigenvalue weighted by Gasteiger charge is 2.23. The molecule has 3 atom stereocenters. The number of rotatable bonds is 54. The zero-order valence-electron chi connectivity index (χ0n) is 48.1. The number of hydrogen-bond acceptors (Lipinski definition) is 6. The third-order valence-electron chi connectivity index (χ3n) is 13.0. The van der Waals surface area contributed by atoms with Crippen LogP contribution in [0.25, 0.3) is 0 Å². The van der Waals surface area contributed by atoms with Crippen molar-refractivity contribution < 1.29 is 32.9 Å². The summed E-state index contributed by atoms with van der Waals surface area (Å²) in [5.74, 6) is -0.232. The minimum absolute atomic E-state index is 0.0183. The number of phosphoric acid groups is 1. The standard InChI is InChI=1S/C64H115N2O6P/c1-6-8-10-12-14-16-18-20-22-24-26-28-29-30-31-32-33-34-35-36-38-39-41-43-45-47-49-51-53-55-57-63(67)62(61-72-73(69,70)71-60-59-66(3,4)5)65-64(68)58-56-54-52-50-48-46-44-42-40-37-27-25-23-21-19-17-15-13-11-9-7-2/h9,11,15,17,21,23,27,37,39,41-42,44,47,49,55,57,62-63,67H,6-8,10,12-14,16,18-20,22,24-26,28-36,38,40,43,45-46,48,50-54,56,58-61H2,1-5H3,(H-,65,68,69,70)/b11-9-,17-15-,23-21-,37-27-,41-39+,44-42-,49-47+,57-55+. The number of amides is 1. The fourth-order valence-corrected chi connectivity index (χ4v) is 9.05. The SMILES string of the molecule is CC/C=C\C/C=C\C/C=C\C/C=C\C/C=C\CCCCCCCC(=O)NC(COP(=O)([O-])OCC[N+](C)(C)C)C(O)/C=C/CC/C=C/CC/C=C/CCCCCCCCCCCCCCCCCCCCCC. The molecule has 73 heavy (non-hydrogen) atoms. The smallest absolute Gasteiger partial charge is 0.268 e. The van der Waals surface area contributed by atoms with Crippen molar-refractivity contribution in [3.05, 3.63) is 97.2 Å². The summed E-state index contributed by atoms with van der Waals surface area (Å²) >= 11 is 0. The first-order valence-corrected chi connectivity index (χ1v) is 31.6. The molecule has 0 spiro atoms. The van der Waals surface area contributed by atoms with Crippen molar-refractivity contribution in [2.75, 3.05) is 40.9 Å². The van der Waals surface area contributed by atoms with Crippen molar-refractivity contribution >= 4 is 13.7 Å². The van der Waals surface area contributed by atoms with Crippen LogP contribution in [0.2, 0.25) is 0 Å². The number of quaternary nitrogens is 1. The molecule has 422 valence electrons. The van der Waals surface area contributed by atoms with E-state index in [0.29, 0.717) is 17.4 Å². The van der Waals surface area contributed by atoms with Crippen LogP contribution in [0.1, 0.15) is 251 Å². The molecule has 0 saturated heterocycles. The lowest BCUT2D eigenvalue weighted by Gasteiger charge is -2.29. The van der Waals surface area contributed by atoms with Gasteiger partial charge in [-0.15, -0.1) is 0 Å². The van der Waals surface area contributed by atoms with Crippen LogP contribution >= 0.6 is 7.82 Å². The van der Waals surface area contributed by atoms with Gasteiger partial charge in [0.05, 0.1) is 39.9 Å². The van der Waals surface area contributed by atoms with Crippen LogP contribution in [0.3, 0.4) is 0 Å². The number of carbonyl (C=O) groups excluding carboxylic acids is 1. The van der Waals surface area contributed by atoms with E-state index < -0.39 is 26.6 Å². The molecule has 0 bridgehead atoms. The maximum Gasteiger partial charge on any atom is 0.268 e. The molecule has 9 heteroatoms. The zero-order valence-corrected chi connectivity index (χ0v) is 49.0. The average molecular weight is 1040 g/mol. The van der Waals surface area contributed by atoms with Crippen LogP contribution in [-0.2, 0) is 18.4 Å². The van der Waals surface area contributed by atoms with Crippen LogP contribution < -0.4 is 10.2 Å². The summed E-state index contributed by atoms with van der Waals surface area (Å²) in [6.45, 7) is 4.50. The molecule has 1 amide bonds. The first-order valence-electron chi connectivity index (χ1n) is 30.1. The second-order valence-corrected chi connectivity index (χ2v) is 22.7. The molecule has 0 aromatic heterocycles. The van der Waals surface area contributed by atoms with E-state index in [1.165, 1.54) is 135 Å². The van der Waals surface area contributed by atoms with Gasteiger partial charge in [0.25, 0.3) is 7.82 Å². The molecule has 0 aromatic carbocycles. The Balaban J connectivity index is 4.29. The number of phosphoric ester groups is 1. The van der Waals surface area contributed by atoms with Crippen molar-refractivity contribution in [3.63, 3.8) is 0 Å². The predicted octanol–water partition coefficient (Wildman–Crippen LogP) is 18.0. The molecule has 0 rings (SSSR count). The van der Waals surface area contributed by atoms with Crippen LogP contribution in [0.15, 0.2) is 97.2 Å².